The summed E-state index contributed by atoms with van der Waals surface area (Å²) in [4.78, 5) is 13.1. The van der Waals surface area contributed by atoms with Gasteiger partial charge in [-0.3, -0.25) is 4.79 Å². The van der Waals surface area contributed by atoms with Gasteiger partial charge in [0, 0.05) is 12.1 Å². The highest BCUT2D eigenvalue weighted by atomic mass is 19.1. The molecule has 0 aromatic heterocycles. The summed E-state index contributed by atoms with van der Waals surface area (Å²) in [5, 5.41) is 8.10. The molecule has 4 rings (SSSR count). The van der Waals surface area contributed by atoms with Crippen molar-refractivity contribution in [1.29, 1.82) is 0 Å². The summed E-state index contributed by atoms with van der Waals surface area (Å²) < 4.78 is 19.3. The van der Waals surface area contributed by atoms with Crippen LogP contribution in [0.3, 0.4) is 0 Å². The molecule has 150 valence electrons. The molecule has 0 heterocycles. The Hall–Kier alpha value is -2.92. The van der Waals surface area contributed by atoms with E-state index in [1.54, 1.807) is 12.1 Å². The molecular formula is C24H25FN2O2. The Kier molecular flexibility index (Phi) is 5.24. The molecule has 2 N–H and O–H groups in total. The molecule has 0 spiro atoms. The third kappa shape index (κ3) is 3.96. The van der Waals surface area contributed by atoms with E-state index in [0.29, 0.717) is 17.9 Å². The molecule has 1 fully saturated rings. The van der Waals surface area contributed by atoms with Crippen LogP contribution in [-0.2, 0) is 5.54 Å². The van der Waals surface area contributed by atoms with Gasteiger partial charge in [0.05, 0.1) is 5.54 Å². The largest absolute Gasteiger partial charge is 0.492 e. The van der Waals surface area contributed by atoms with Gasteiger partial charge in [0.15, 0.2) is 0 Å². The zero-order chi connectivity index (χ0) is 20.4. The molecule has 0 atom stereocenters. The van der Waals surface area contributed by atoms with E-state index < -0.39 is 5.54 Å². The summed E-state index contributed by atoms with van der Waals surface area (Å²) >= 11 is 0. The molecule has 1 amide bonds. The van der Waals surface area contributed by atoms with Crippen molar-refractivity contribution in [2.45, 2.75) is 25.3 Å². The van der Waals surface area contributed by atoms with E-state index in [0.717, 1.165) is 41.3 Å². The van der Waals surface area contributed by atoms with Gasteiger partial charge in [0.25, 0.3) is 5.91 Å². The Morgan fingerprint density at radius 2 is 1.97 bits per heavy atom. The van der Waals surface area contributed by atoms with Gasteiger partial charge < -0.3 is 15.4 Å². The van der Waals surface area contributed by atoms with Crippen LogP contribution in [0.2, 0.25) is 0 Å². The highest BCUT2D eigenvalue weighted by Crippen LogP contribution is 2.48. The van der Waals surface area contributed by atoms with E-state index in [2.05, 4.69) is 10.6 Å². The Bertz CT molecular complexity index is 1060. The van der Waals surface area contributed by atoms with Crippen LogP contribution in [0.1, 0.15) is 34.3 Å². The fourth-order valence-electron chi connectivity index (χ4n) is 3.75. The van der Waals surface area contributed by atoms with E-state index >= 15 is 0 Å². The molecule has 0 aliphatic heterocycles. The van der Waals surface area contributed by atoms with Gasteiger partial charge in [-0.05, 0) is 73.0 Å². The fourth-order valence-corrected chi connectivity index (χ4v) is 3.75. The fraction of sp³-hybridized carbons (Fsp3) is 0.292. The SMILES string of the molecule is CNCCOc1ccc(C)c(C(=O)NC2(c3cccc4cc(F)ccc34)CC2)c1. The van der Waals surface area contributed by atoms with Gasteiger partial charge in [-0.1, -0.05) is 30.3 Å². The number of hydrogen-bond acceptors (Lipinski definition) is 3. The highest BCUT2D eigenvalue weighted by molar-refractivity contribution is 5.97. The standard InChI is InChI=1S/C24H25FN2O2/c1-16-6-8-19(29-13-12-26-2)15-21(16)23(28)27-24(10-11-24)22-5-3-4-17-14-18(25)7-9-20(17)22/h3-9,14-15,26H,10-13H2,1-2H3,(H,27,28). The highest BCUT2D eigenvalue weighted by Gasteiger charge is 2.46. The molecule has 1 aliphatic rings. The first kappa shape index (κ1) is 19.4. The molecule has 1 aliphatic carbocycles. The van der Waals surface area contributed by atoms with Crippen LogP contribution in [0, 0.1) is 12.7 Å². The van der Waals surface area contributed by atoms with Gasteiger partial charge in [-0.2, -0.15) is 0 Å². The summed E-state index contributed by atoms with van der Waals surface area (Å²) in [7, 11) is 1.87. The molecule has 1 saturated carbocycles. The molecule has 3 aromatic rings. The molecular weight excluding hydrogens is 367 g/mol. The number of nitrogens with one attached hydrogen (secondary N) is 2. The van der Waals surface area contributed by atoms with E-state index in [9.17, 15) is 9.18 Å². The number of fused-ring (bicyclic) bond motifs is 1. The van der Waals surface area contributed by atoms with E-state index in [1.165, 1.54) is 12.1 Å². The molecule has 4 nitrogen and oxygen atoms in total. The van der Waals surface area contributed by atoms with Gasteiger partial charge in [-0.25, -0.2) is 4.39 Å². The topological polar surface area (TPSA) is 50.4 Å². The van der Waals surface area contributed by atoms with Gasteiger partial charge in [-0.15, -0.1) is 0 Å². The quantitative estimate of drug-likeness (QED) is 0.590. The molecule has 3 aromatic carbocycles. The van der Waals surface area contributed by atoms with Gasteiger partial charge in [0.1, 0.15) is 18.2 Å². The second kappa shape index (κ2) is 7.84. The summed E-state index contributed by atoms with van der Waals surface area (Å²) in [5.41, 5.74) is 2.16. The second-order valence-electron chi connectivity index (χ2n) is 7.64. The van der Waals surface area contributed by atoms with E-state index in [4.69, 9.17) is 4.74 Å². The van der Waals surface area contributed by atoms with E-state index in [-0.39, 0.29) is 11.7 Å². The maximum atomic E-state index is 13.6. The molecule has 0 radical (unpaired) electrons. The summed E-state index contributed by atoms with van der Waals surface area (Å²) in [6, 6.07) is 16.2. The van der Waals surface area contributed by atoms with Crippen molar-refractivity contribution in [1.82, 2.24) is 10.6 Å². The van der Waals surface area contributed by atoms with Crippen LogP contribution >= 0.6 is 0 Å². The van der Waals surface area contributed by atoms with Crippen LogP contribution in [0.15, 0.2) is 54.6 Å². The minimum atomic E-state index is -0.399. The minimum absolute atomic E-state index is 0.113. The Labute approximate surface area is 170 Å². The number of aryl methyl sites for hydroxylation is 1. The minimum Gasteiger partial charge on any atom is -0.492 e. The van der Waals surface area contributed by atoms with Crippen molar-refractivity contribution >= 4 is 16.7 Å². The van der Waals surface area contributed by atoms with Crippen LogP contribution in [0.5, 0.6) is 5.75 Å². The lowest BCUT2D eigenvalue weighted by Crippen LogP contribution is -2.35. The first-order valence-corrected chi connectivity index (χ1v) is 9.92. The van der Waals surface area contributed by atoms with Crippen molar-refractivity contribution < 1.29 is 13.9 Å². The third-order valence-electron chi connectivity index (χ3n) is 5.54. The number of carbonyl (C=O) groups excluding carboxylic acids is 1. The van der Waals surface area contributed by atoms with Crippen LogP contribution in [0.25, 0.3) is 10.8 Å². The van der Waals surface area contributed by atoms with Crippen LogP contribution in [0.4, 0.5) is 4.39 Å². The number of carbonyl (C=O) groups is 1. The zero-order valence-corrected chi connectivity index (χ0v) is 16.7. The molecule has 0 saturated heterocycles. The Morgan fingerprint density at radius 3 is 2.72 bits per heavy atom. The number of likely N-dealkylation sites (N-methyl/N-ethyl adjacent to an activating group) is 1. The Morgan fingerprint density at radius 1 is 1.14 bits per heavy atom. The summed E-state index contributed by atoms with van der Waals surface area (Å²) in [5.74, 6) is 0.314. The Balaban J connectivity index is 1.60. The van der Waals surface area contributed by atoms with Crippen molar-refractivity contribution in [3.63, 3.8) is 0 Å². The molecule has 0 bridgehead atoms. The van der Waals surface area contributed by atoms with Gasteiger partial charge in [0.2, 0.25) is 0 Å². The number of ether oxygens (including phenoxy) is 1. The van der Waals surface area contributed by atoms with Crippen molar-refractivity contribution in [2.75, 3.05) is 20.2 Å². The normalized spacial score (nSPS) is 14.6. The number of amides is 1. The second-order valence-corrected chi connectivity index (χ2v) is 7.64. The first-order chi connectivity index (χ1) is 14.0. The number of rotatable bonds is 7. The average molecular weight is 392 g/mol. The average Bonchev–Trinajstić information content (AvgIpc) is 3.49. The van der Waals surface area contributed by atoms with Crippen molar-refractivity contribution in [3.05, 3.63) is 77.1 Å². The van der Waals surface area contributed by atoms with Gasteiger partial charge >= 0.3 is 0 Å². The predicted molar refractivity (Wildman–Crippen MR) is 113 cm³/mol. The third-order valence-corrected chi connectivity index (χ3v) is 5.54. The summed E-state index contributed by atoms with van der Waals surface area (Å²) in [6.07, 6.45) is 1.74. The molecule has 5 heteroatoms. The smallest absolute Gasteiger partial charge is 0.252 e. The lowest BCUT2D eigenvalue weighted by atomic mass is 9.96. The maximum Gasteiger partial charge on any atom is 0.252 e. The molecule has 29 heavy (non-hydrogen) atoms. The van der Waals surface area contributed by atoms with Crippen LogP contribution < -0.4 is 15.4 Å². The monoisotopic (exact) mass is 392 g/mol. The number of benzene rings is 3. The zero-order valence-electron chi connectivity index (χ0n) is 16.7. The summed E-state index contributed by atoms with van der Waals surface area (Å²) in [6.45, 7) is 3.20. The first-order valence-electron chi connectivity index (χ1n) is 9.92. The van der Waals surface area contributed by atoms with Crippen LogP contribution in [-0.4, -0.2) is 26.1 Å². The molecule has 0 unspecified atom stereocenters. The number of hydrogen-bond donors (Lipinski definition) is 2. The lowest BCUT2D eigenvalue weighted by molar-refractivity contribution is 0.0930. The lowest BCUT2D eigenvalue weighted by Gasteiger charge is -2.21. The van der Waals surface area contributed by atoms with E-state index in [1.807, 2.05) is 44.3 Å². The number of halogens is 1. The van der Waals surface area contributed by atoms with Crippen molar-refractivity contribution in [3.8, 4) is 5.75 Å². The predicted octanol–water partition coefficient (Wildman–Crippen LogP) is 4.30. The van der Waals surface area contributed by atoms with Crippen molar-refractivity contribution in [2.24, 2.45) is 0 Å². The maximum absolute atomic E-state index is 13.6.